The maximum atomic E-state index is 11.1. The first-order valence-electron chi connectivity index (χ1n) is 4.95. The maximum Gasteiger partial charge on any atom is 0.239 e. The summed E-state index contributed by atoms with van der Waals surface area (Å²) in [5, 5.41) is 5.74. The molecule has 0 aromatic carbocycles. The third-order valence-corrected chi connectivity index (χ3v) is 2.41. The molecule has 78 valence electrons. The molecule has 4 heteroatoms. The van der Waals surface area contributed by atoms with Gasteiger partial charge in [0.2, 0.25) is 5.91 Å². The van der Waals surface area contributed by atoms with Gasteiger partial charge < -0.3 is 0 Å². The fourth-order valence-electron chi connectivity index (χ4n) is 1.53. The van der Waals surface area contributed by atoms with E-state index in [1.807, 2.05) is 19.1 Å². The van der Waals surface area contributed by atoms with Crippen LogP contribution in [-0.4, -0.2) is 28.2 Å². The average Bonchev–Trinajstić information content (AvgIpc) is 2.68. The first-order chi connectivity index (χ1) is 7.16. The Morgan fingerprint density at radius 1 is 1.47 bits per heavy atom. The Bertz CT molecular complexity index is 408. The van der Waals surface area contributed by atoms with Gasteiger partial charge in [-0.25, -0.2) is 5.01 Å². The maximum absolute atomic E-state index is 11.1. The van der Waals surface area contributed by atoms with Crippen LogP contribution in [0.3, 0.4) is 0 Å². The number of hydrogen-bond donors (Lipinski definition) is 0. The molecule has 2 rings (SSSR count). The summed E-state index contributed by atoms with van der Waals surface area (Å²) in [7, 11) is 0. The van der Waals surface area contributed by atoms with Crippen molar-refractivity contribution in [2.45, 2.75) is 20.3 Å². The van der Waals surface area contributed by atoms with Crippen LogP contribution in [0.25, 0.3) is 0 Å². The van der Waals surface area contributed by atoms with Crippen LogP contribution in [0.2, 0.25) is 0 Å². The van der Waals surface area contributed by atoms with E-state index in [0.29, 0.717) is 6.54 Å². The Hall–Kier alpha value is -1.71. The summed E-state index contributed by atoms with van der Waals surface area (Å²) in [5.74, 6) is -0.00919. The fourth-order valence-corrected chi connectivity index (χ4v) is 1.53. The number of hydrogen-bond acceptors (Lipinski definition) is 3. The topological polar surface area (TPSA) is 45.6 Å². The average molecular weight is 203 g/mol. The molecule has 0 atom stereocenters. The Balaban J connectivity index is 2.22. The predicted octanol–water partition coefficient (Wildman–Crippen LogP) is 1.35. The highest BCUT2D eigenvalue weighted by atomic mass is 16.2. The summed E-state index contributed by atoms with van der Waals surface area (Å²) in [6.45, 7) is 4.15. The molecule has 0 N–H and O–H groups in total. The molecular formula is C11H13N3O. The molecule has 0 fully saturated rings. The first kappa shape index (κ1) is 9.83. The van der Waals surface area contributed by atoms with Crippen molar-refractivity contribution in [3.63, 3.8) is 0 Å². The van der Waals surface area contributed by atoms with E-state index in [1.165, 1.54) is 11.9 Å². The normalized spacial score (nSPS) is 15.3. The van der Waals surface area contributed by atoms with Crippen LogP contribution in [-0.2, 0) is 4.79 Å². The van der Waals surface area contributed by atoms with Crippen LogP contribution < -0.4 is 0 Å². The number of nitrogens with zero attached hydrogens (tertiary/aromatic N) is 3. The molecule has 1 aliphatic rings. The second-order valence-corrected chi connectivity index (χ2v) is 3.63. The summed E-state index contributed by atoms with van der Waals surface area (Å²) in [5.41, 5.74) is 2.93. The van der Waals surface area contributed by atoms with Gasteiger partial charge in [-0.2, -0.15) is 5.10 Å². The lowest BCUT2D eigenvalue weighted by Gasteiger charge is -2.05. The molecule has 0 bridgehead atoms. The number of carbonyl (C=O) groups excluding carboxylic acids is 1. The monoisotopic (exact) mass is 203 g/mol. The van der Waals surface area contributed by atoms with Crippen LogP contribution in [0, 0.1) is 6.92 Å². The van der Waals surface area contributed by atoms with Gasteiger partial charge in [0.25, 0.3) is 0 Å². The van der Waals surface area contributed by atoms with Crippen molar-refractivity contribution < 1.29 is 4.79 Å². The van der Waals surface area contributed by atoms with Crippen molar-refractivity contribution in [2.24, 2.45) is 5.10 Å². The predicted molar refractivity (Wildman–Crippen MR) is 57.5 cm³/mol. The third kappa shape index (κ3) is 2.03. The molecule has 1 aromatic heterocycles. The number of pyridine rings is 1. The van der Waals surface area contributed by atoms with E-state index in [2.05, 4.69) is 10.1 Å². The Morgan fingerprint density at radius 2 is 2.27 bits per heavy atom. The van der Waals surface area contributed by atoms with Gasteiger partial charge in [-0.15, -0.1) is 0 Å². The van der Waals surface area contributed by atoms with Crippen molar-refractivity contribution in [1.29, 1.82) is 0 Å². The standard InChI is InChI=1S/C11H13N3O/c1-8-3-4-10(7-12-8)11-5-6-14(13-11)9(2)15/h3-4,7H,5-6H2,1-2H3. The van der Waals surface area contributed by atoms with E-state index in [0.717, 1.165) is 23.4 Å². The lowest BCUT2D eigenvalue weighted by molar-refractivity contribution is -0.128. The van der Waals surface area contributed by atoms with Crippen molar-refractivity contribution in [3.05, 3.63) is 29.6 Å². The van der Waals surface area contributed by atoms with E-state index < -0.39 is 0 Å². The molecule has 15 heavy (non-hydrogen) atoms. The highest BCUT2D eigenvalue weighted by Gasteiger charge is 2.18. The molecule has 1 aliphatic heterocycles. The molecule has 0 aliphatic carbocycles. The number of amides is 1. The van der Waals surface area contributed by atoms with Crippen LogP contribution in [0.5, 0.6) is 0 Å². The molecule has 0 spiro atoms. The Labute approximate surface area is 88.6 Å². The van der Waals surface area contributed by atoms with Gasteiger partial charge in [0, 0.05) is 30.8 Å². The summed E-state index contributed by atoms with van der Waals surface area (Å²) in [4.78, 5) is 15.3. The molecule has 0 saturated carbocycles. The minimum absolute atomic E-state index is 0.00919. The Morgan fingerprint density at radius 3 is 2.80 bits per heavy atom. The van der Waals surface area contributed by atoms with Gasteiger partial charge in [-0.05, 0) is 19.1 Å². The SMILES string of the molecule is CC(=O)N1CCC(c2ccc(C)nc2)=N1. The summed E-state index contributed by atoms with van der Waals surface area (Å²) in [6, 6.07) is 3.94. The highest BCUT2D eigenvalue weighted by molar-refractivity contribution is 6.02. The Kier molecular flexibility index (Phi) is 2.49. The highest BCUT2D eigenvalue weighted by Crippen LogP contribution is 2.13. The molecule has 2 heterocycles. The smallest absolute Gasteiger partial charge is 0.239 e. The molecule has 1 aromatic rings. The van der Waals surface area contributed by atoms with Crippen molar-refractivity contribution in [3.8, 4) is 0 Å². The van der Waals surface area contributed by atoms with E-state index in [4.69, 9.17) is 0 Å². The zero-order valence-electron chi connectivity index (χ0n) is 8.90. The number of aryl methyl sites for hydroxylation is 1. The van der Waals surface area contributed by atoms with Crippen LogP contribution in [0.15, 0.2) is 23.4 Å². The third-order valence-electron chi connectivity index (χ3n) is 2.41. The number of carbonyl (C=O) groups is 1. The quantitative estimate of drug-likeness (QED) is 0.691. The van der Waals surface area contributed by atoms with Gasteiger partial charge >= 0.3 is 0 Å². The lowest BCUT2D eigenvalue weighted by atomic mass is 10.1. The first-order valence-corrected chi connectivity index (χ1v) is 4.95. The molecular weight excluding hydrogens is 190 g/mol. The summed E-state index contributed by atoms with van der Waals surface area (Å²) >= 11 is 0. The lowest BCUT2D eigenvalue weighted by Crippen LogP contribution is -2.19. The van der Waals surface area contributed by atoms with Crippen molar-refractivity contribution >= 4 is 11.6 Å². The van der Waals surface area contributed by atoms with Gasteiger partial charge in [0.05, 0.1) is 12.3 Å². The van der Waals surface area contributed by atoms with E-state index in [-0.39, 0.29) is 5.91 Å². The molecule has 4 nitrogen and oxygen atoms in total. The van der Waals surface area contributed by atoms with Crippen LogP contribution in [0.4, 0.5) is 0 Å². The summed E-state index contributed by atoms with van der Waals surface area (Å²) < 4.78 is 0. The largest absolute Gasteiger partial charge is 0.273 e. The second-order valence-electron chi connectivity index (χ2n) is 3.63. The van der Waals surface area contributed by atoms with Gasteiger partial charge in [-0.3, -0.25) is 9.78 Å². The zero-order valence-corrected chi connectivity index (χ0v) is 8.90. The van der Waals surface area contributed by atoms with Gasteiger partial charge in [0.15, 0.2) is 0 Å². The number of rotatable bonds is 1. The van der Waals surface area contributed by atoms with Crippen molar-refractivity contribution in [2.75, 3.05) is 6.54 Å². The molecule has 1 amide bonds. The minimum atomic E-state index is -0.00919. The van der Waals surface area contributed by atoms with E-state index >= 15 is 0 Å². The number of aromatic nitrogens is 1. The van der Waals surface area contributed by atoms with Gasteiger partial charge in [-0.1, -0.05) is 0 Å². The van der Waals surface area contributed by atoms with Gasteiger partial charge in [0.1, 0.15) is 0 Å². The molecule has 0 saturated heterocycles. The fraction of sp³-hybridized carbons (Fsp3) is 0.364. The second kappa shape index (κ2) is 3.81. The zero-order chi connectivity index (χ0) is 10.8. The molecule has 0 unspecified atom stereocenters. The molecule has 0 radical (unpaired) electrons. The van der Waals surface area contributed by atoms with E-state index in [1.54, 1.807) is 6.20 Å². The van der Waals surface area contributed by atoms with Crippen LogP contribution >= 0.6 is 0 Å². The summed E-state index contributed by atoms with van der Waals surface area (Å²) in [6.07, 6.45) is 2.61. The van der Waals surface area contributed by atoms with Crippen molar-refractivity contribution in [1.82, 2.24) is 9.99 Å². The van der Waals surface area contributed by atoms with E-state index in [9.17, 15) is 4.79 Å². The minimum Gasteiger partial charge on any atom is -0.273 e. The number of hydrazone groups is 1. The van der Waals surface area contributed by atoms with Crippen LogP contribution in [0.1, 0.15) is 24.6 Å².